The first-order valence-electron chi connectivity index (χ1n) is 9.25. The first-order valence-corrected chi connectivity index (χ1v) is 9.25. The topological polar surface area (TPSA) is 65.5 Å². The highest BCUT2D eigenvalue weighted by Gasteiger charge is 2.46. The van der Waals surface area contributed by atoms with Gasteiger partial charge >= 0.3 is 0 Å². The molecule has 2 atom stereocenters. The molecular formula is C19H26N4O2. The SMILES string of the molecule is CN1C(=O)CC(C(=O)N2CCC3(CCNC3)CC2)C1c1cccnc1. The first kappa shape index (κ1) is 16.5. The molecule has 2 amide bonds. The van der Waals surface area contributed by atoms with Crippen molar-refractivity contribution in [3.63, 3.8) is 0 Å². The lowest BCUT2D eigenvalue weighted by Crippen LogP contribution is -2.46. The molecule has 3 aliphatic heterocycles. The zero-order valence-electron chi connectivity index (χ0n) is 14.8. The van der Waals surface area contributed by atoms with E-state index in [9.17, 15) is 9.59 Å². The number of carbonyl (C=O) groups excluding carboxylic acids is 2. The molecule has 1 spiro atoms. The van der Waals surface area contributed by atoms with E-state index in [2.05, 4.69) is 10.3 Å². The minimum atomic E-state index is -0.294. The molecule has 25 heavy (non-hydrogen) atoms. The molecule has 4 heterocycles. The van der Waals surface area contributed by atoms with Gasteiger partial charge in [0.25, 0.3) is 0 Å². The number of nitrogens with zero attached hydrogens (tertiary/aromatic N) is 3. The molecule has 2 unspecified atom stereocenters. The van der Waals surface area contributed by atoms with E-state index in [0.717, 1.165) is 44.6 Å². The molecule has 0 aliphatic carbocycles. The summed E-state index contributed by atoms with van der Waals surface area (Å²) in [5.41, 5.74) is 1.34. The maximum atomic E-state index is 13.2. The van der Waals surface area contributed by atoms with Crippen LogP contribution in [0.2, 0.25) is 0 Å². The van der Waals surface area contributed by atoms with Crippen LogP contribution in [0.1, 0.15) is 37.3 Å². The Morgan fingerprint density at radius 2 is 2.12 bits per heavy atom. The van der Waals surface area contributed by atoms with Crippen LogP contribution in [0.5, 0.6) is 0 Å². The van der Waals surface area contributed by atoms with E-state index >= 15 is 0 Å². The van der Waals surface area contributed by atoms with Crippen molar-refractivity contribution < 1.29 is 9.59 Å². The first-order chi connectivity index (χ1) is 12.1. The smallest absolute Gasteiger partial charge is 0.228 e. The van der Waals surface area contributed by atoms with E-state index in [4.69, 9.17) is 0 Å². The monoisotopic (exact) mass is 342 g/mol. The van der Waals surface area contributed by atoms with Gasteiger partial charge in [0.1, 0.15) is 0 Å². The van der Waals surface area contributed by atoms with E-state index in [-0.39, 0.29) is 23.8 Å². The number of hydrogen-bond acceptors (Lipinski definition) is 4. The highest BCUT2D eigenvalue weighted by atomic mass is 16.2. The second-order valence-electron chi connectivity index (χ2n) is 7.80. The van der Waals surface area contributed by atoms with Gasteiger partial charge in [-0.1, -0.05) is 6.07 Å². The molecule has 1 aromatic rings. The number of nitrogens with one attached hydrogen (secondary N) is 1. The molecule has 6 nitrogen and oxygen atoms in total. The van der Waals surface area contributed by atoms with E-state index in [1.807, 2.05) is 17.0 Å². The van der Waals surface area contributed by atoms with E-state index < -0.39 is 0 Å². The summed E-state index contributed by atoms with van der Waals surface area (Å²) in [5, 5.41) is 3.46. The number of hydrogen-bond donors (Lipinski definition) is 1. The summed E-state index contributed by atoms with van der Waals surface area (Å²) in [4.78, 5) is 33.4. The van der Waals surface area contributed by atoms with Gasteiger partial charge in [-0.25, -0.2) is 0 Å². The van der Waals surface area contributed by atoms with E-state index in [0.29, 0.717) is 11.8 Å². The van der Waals surface area contributed by atoms with Crippen molar-refractivity contribution in [2.24, 2.45) is 11.3 Å². The third-order valence-corrected chi connectivity index (χ3v) is 6.40. The normalized spacial score (nSPS) is 28.8. The summed E-state index contributed by atoms with van der Waals surface area (Å²) in [6, 6.07) is 3.63. The van der Waals surface area contributed by atoms with Crippen LogP contribution in [-0.4, -0.2) is 59.8 Å². The van der Waals surface area contributed by atoms with Crippen LogP contribution >= 0.6 is 0 Å². The van der Waals surface area contributed by atoms with Crippen molar-refractivity contribution in [1.29, 1.82) is 0 Å². The zero-order chi connectivity index (χ0) is 17.4. The van der Waals surface area contributed by atoms with Crippen LogP contribution < -0.4 is 5.32 Å². The maximum absolute atomic E-state index is 13.2. The molecule has 1 N–H and O–H groups in total. The number of aromatic nitrogens is 1. The van der Waals surface area contributed by atoms with Gasteiger partial charge in [0.15, 0.2) is 0 Å². The Morgan fingerprint density at radius 3 is 2.76 bits per heavy atom. The molecule has 1 aromatic heterocycles. The number of rotatable bonds is 2. The molecule has 0 saturated carbocycles. The fourth-order valence-corrected chi connectivity index (χ4v) is 4.76. The number of likely N-dealkylation sites (tertiary alicyclic amines) is 2. The summed E-state index contributed by atoms with van der Waals surface area (Å²) in [6.07, 6.45) is 7.15. The minimum Gasteiger partial charge on any atom is -0.342 e. The Morgan fingerprint density at radius 1 is 1.32 bits per heavy atom. The molecule has 0 bridgehead atoms. The standard InChI is InChI=1S/C19H26N4O2/c1-22-16(24)11-15(17(22)14-3-2-7-20-12-14)18(25)23-9-5-19(6-10-23)4-8-21-13-19/h2-3,7,12,15,17,21H,4-6,8-11,13H2,1H3. The molecular weight excluding hydrogens is 316 g/mol. The fraction of sp³-hybridized carbons (Fsp3) is 0.632. The molecule has 4 rings (SSSR count). The molecule has 6 heteroatoms. The fourth-order valence-electron chi connectivity index (χ4n) is 4.76. The predicted molar refractivity (Wildman–Crippen MR) is 93.6 cm³/mol. The van der Waals surface area contributed by atoms with Crippen molar-refractivity contribution in [2.45, 2.75) is 31.7 Å². The van der Waals surface area contributed by atoms with E-state index in [1.54, 1.807) is 24.3 Å². The van der Waals surface area contributed by atoms with Gasteiger partial charge in [0, 0.05) is 45.5 Å². The Hall–Kier alpha value is -1.95. The van der Waals surface area contributed by atoms with Crippen molar-refractivity contribution in [3.8, 4) is 0 Å². The quantitative estimate of drug-likeness (QED) is 0.877. The van der Waals surface area contributed by atoms with Gasteiger partial charge in [0.05, 0.1) is 12.0 Å². The largest absolute Gasteiger partial charge is 0.342 e. The van der Waals surface area contributed by atoms with Crippen molar-refractivity contribution in [2.75, 3.05) is 33.2 Å². The summed E-state index contributed by atoms with van der Waals surface area (Å²) in [5.74, 6) is -0.120. The van der Waals surface area contributed by atoms with Crippen molar-refractivity contribution in [1.82, 2.24) is 20.1 Å². The predicted octanol–water partition coefficient (Wildman–Crippen LogP) is 1.20. The minimum absolute atomic E-state index is 0.0423. The summed E-state index contributed by atoms with van der Waals surface area (Å²) in [6.45, 7) is 3.81. The second kappa shape index (κ2) is 6.41. The second-order valence-corrected chi connectivity index (χ2v) is 7.80. The van der Waals surface area contributed by atoms with Crippen molar-refractivity contribution in [3.05, 3.63) is 30.1 Å². The maximum Gasteiger partial charge on any atom is 0.228 e. The summed E-state index contributed by atoms with van der Waals surface area (Å²) < 4.78 is 0. The highest BCUT2D eigenvalue weighted by Crippen LogP contribution is 2.41. The van der Waals surface area contributed by atoms with Gasteiger partial charge in [0.2, 0.25) is 11.8 Å². The lowest BCUT2D eigenvalue weighted by molar-refractivity contribution is -0.138. The molecule has 134 valence electrons. The number of amides is 2. The Labute approximate surface area is 148 Å². The zero-order valence-corrected chi connectivity index (χ0v) is 14.8. The van der Waals surface area contributed by atoms with Gasteiger partial charge in [-0.15, -0.1) is 0 Å². The number of pyridine rings is 1. The molecule has 3 aliphatic rings. The van der Waals surface area contributed by atoms with Crippen LogP contribution in [0.4, 0.5) is 0 Å². The van der Waals surface area contributed by atoms with Gasteiger partial charge < -0.3 is 15.1 Å². The number of carbonyl (C=O) groups is 2. The lowest BCUT2D eigenvalue weighted by atomic mass is 9.77. The van der Waals surface area contributed by atoms with Crippen LogP contribution in [0.15, 0.2) is 24.5 Å². The van der Waals surface area contributed by atoms with Gasteiger partial charge in [-0.3, -0.25) is 14.6 Å². The van der Waals surface area contributed by atoms with Crippen LogP contribution in [0, 0.1) is 11.3 Å². The van der Waals surface area contributed by atoms with E-state index in [1.165, 1.54) is 6.42 Å². The lowest BCUT2D eigenvalue weighted by Gasteiger charge is -2.40. The molecule has 3 fully saturated rings. The van der Waals surface area contributed by atoms with Gasteiger partial charge in [-0.05, 0) is 42.9 Å². The average molecular weight is 342 g/mol. The average Bonchev–Trinajstić information content (AvgIpc) is 3.21. The summed E-state index contributed by atoms with van der Waals surface area (Å²) >= 11 is 0. The van der Waals surface area contributed by atoms with Crippen LogP contribution in [0.3, 0.4) is 0 Å². The van der Waals surface area contributed by atoms with Gasteiger partial charge in [-0.2, -0.15) is 0 Å². The third-order valence-electron chi connectivity index (χ3n) is 6.40. The highest BCUT2D eigenvalue weighted by molar-refractivity contribution is 5.90. The molecule has 0 radical (unpaired) electrons. The third kappa shape index (κ3) is 2.92. The van der Waals surface area contributed by atoms with Crippen LogP contribution in [-0.2, 0) is 9.59 Å². The van der Waals surface area contributed by atoms with Crippen molar-refractivity contribution >= 4 is 11.8 Å². The Balaban J connectivity index is 1.50. The number of piperidine rings is 1. The molecule has 3 saturated heterocycles. The Kier molecular flexibility index (Phi) is 4.23. The van der Waals surface area contributed by atoms with Crippen LogP contribution in [0.25, 0.3) is 0 Å². The molecule has 0 aromatic carbocycles. The Bertz CT molecular complexity index is 647. The summed E-state index contributed by atoms with van der Waals surface area (Å²) in [7, 11) is 1.79.